The summed E-state index contributed by atoms with van der Waals surface area (Å²) in [5, 5.41) is 0. The number of halogens is 1. The molecule has 5 nitrogen and oxygen atoms in total. The Bertz CT molecular complexity index is 702. The number of benzene rings is 1. The quantitative estimate of drug-likeness (QED) is 0.838. The molecule has 1 unspecified atom stereocenters. The highest BCUT2D eigenvalue weighted by atomic mass is 19.1. The summed E-state index contributed by atoms with van der Waals surface area (Å²) in [6.07, 6.45) is 2.51. The first kappa shape index (κ1) is 16.9. The van der Waals surface area contributed by atoms with Crippen LogP contribution in [0.4, 0.5) is 4.39 Å². The zero-order chi connectivity index (χ0) is 17.1. The second kappa shape index (κ2) is 7.32. The van der Waals surface area contributed by atoms with Gasteiger partial charge in [-0.2, -0.15) is 0 Å². The maximum Gasteiger partial charge on any atom is 0.226 e. The molecule has 2 aromatic rings. The summed E-state index contributed by atoms with van der Waals surface area (Å²) in [6, 6.07) is 4.61. The van der Waals surface area contributed by atoms with Crippen LogP contribution in [0.25, 0.3) is 11.5 Å². The van der Waals surface area contributed by atoms with Crippen LogP contribution in [0.5, 0.6) is 5.75 Å². The highest BCUT2D eigenvalue weighted by Gasteiger charge is 2.22. The van der Waals surface area contributed by atoms with Crippen molar-refractivity contribution in [2.24, 2.45) is 0 Å². The fourth-order valence-electron chi connectivity index (χ4n) is 3.05. The van der Waals surface area contributed by atoms with Crippen LogP contribution in [0.15, 0.2) is 22.6 Å². The average Bonchev–Trinajstić information content (AvgIpc) is 2.96. The van der Waals surface area contributed by atoms with Crippen molar-refractivity contribution in [3.05, 3.63) is 35.5 Å². The number of hydrogen-bond donors (Lipinski definition) is 0. The number of ether oxygens (including phenoxy) is 2. The molecule has 1 atom stereocenters. The lowest BCUT2D eigenvalue weighted by molar-refractivity contribution is 0.0280. The highest BCUT2D eigenvalue weighted by molar-refractivity contribution is 5.56. The van der Waals surface area contributed by atoms with Crippen LogP contribution >= 0.6 is 0 Å². The van der Waals surface area contributed by atoms with Crippen LogP contribution in [0.3, 0.4) is 0 Å². The van der Waals surface area contributed by atoms with Crippen molar-refractivity contribution in [3.63, 3.8) is 0 Å². The van der Waals surface area contributed by atoms with E-state index in [1.165, 1.54) is 13.2 Å². The van der Waals surface area contributed by atoms with Gasteiger partial charge in [0.15, 0.2) is 11.6 Å². The minimum Gasteiger partial charge on any atom is -0.494 e. The molecule has 0 spiro atoms. The zero-order valence-corrected chi connectivity index (χ0v) is 14.3. The van der Waals surface area contributed by atoms with E-state index in [4.69, 9.17) is 13.9 Å². The van der Waals surface area contributed by atoms with Crippen molar-refractivity contribution < 1.29 is 18.3 Å². The molecular weight excluding hydrogens is 311 g/mol. The Morgan fingerprint density at radius 2 is 2.21 bits per heavy atom. The molecule has 0 radical (unpaired) electrons. The Morgan fingerprint density at radius 3 is 2.96 bits per heavy atom. The summed E-state index contributed by atoms with van der Waals surface area (Å²) in [6.45, 7) is 4.58. The van der Waals surface area contributed by atoms with Crippen LogP contribution in [0.1, 0.15) is 24.3 Å². The molecule has 1 aromatic heterocycles. The predicted octanol–water partition coefficient (Wildman–Crippen LogP) is 3.41. The lowest BCUT2D eigenvalue weighted by atomic mass is 10.1. The van der Waals surface area contributed by atoms with Crippen LogP contribution in [0, 0.1) is 12.7 Å². The number of nitrogens with zero attached hydrogens (tertiary/aromatic N) is 2. The van der Waals surface area contributed by atoms with Crippen LogP contribution in [-0.2, 0) is 11.3 Å². The minimum absolute atomic E-state index is 0.184. The van der Waals surface area contributed by atoms with Gasteiger partial charge in [0.1, 0.15) is 5.76 Å². The van der Waals surface area contributed by atoms with Crippen molar-refractivity contribution in [3.8, 4) is 17.2 Å². The molecule has 1 fully saturated rings. The minimum atomic E-state index is -0.399. The number of rotatable bonds is 5. The Morgan fingerprint density at radius 1 is 1.38 bits per heavy atom. The second-order valence-corrected chi connectivity index (χ2v) is 6.11. The molecule has 0 bridgehead atoms. The van der Waals surface area contributed by atoms with E-state index < -0.39 is 5.82 Å². The Hall–Kier alpha value is -1.92. The normalized spacial score (nSPS) is 18.8. The monoisotopic (exact) mass is 334 g/mol. The summed E-state index contributed by atoms with van der Waals surface area (Å²) in [4.78, 5) is 6.93. The molecule has 3 rings (SSSR count). The van der Waals surface area contributed by atoms with Crippen LogP contribution < -0.4 is 4.74 Å². The molecule has 1 aliphatic heterocycles. The number of hydrogen-bond acceptors (Lipinski definition) is 5. The van der Waals surface area contributed by atoms with Gasteiger partial charge in [0.05, 0.1) is 18.9 Å². The molecule has 0 N–H and O–H groups in total. The van der Waals surface area contributed by atoms with E-state index >= 15 is 0 Å². The van der Waals surface area contributed by atoms with E-state index in [0.717, 1.165) is 43.9 Å². The Labute approximate surface area is 141 Å². The lowest BCUT2D eigenvalue weighted by Crippen LogP contribution is -2.38. The molecule has 1 aliphatic rings. The highest BCUT2D eigenvalue weighted by Crippen LogP contribution is 2.28. The molecule has 0 amide bonds. The van der Waals surface area contributed by atoms with E-state index in [9.17, 15) is 4.39 Å². The maximum atomic E-state index is 13.6. The number of methoxy groups -OCH3 is 2. The van der Waals surface area contributed by atoms with Gasteiger partial charge in [0, 0.05) is 25.8 Å². The van der Waals surface area contributed by atoms with Gasteiger partial charge in [-0.1, -0.05) is 0 Å². The Balaban J connectivity index is 1.77. The predicted molar refractivity (Wildman–Crippen MR) is 88.5 cm³/mol. The largest absolute Gasteiger partial charge is 0.494 e. The second-order valence-electron chi connectivity index (χ2n) is 6.11. The molecule has 6 heteroatoms. The van der Waals surface area contributed by atoms with Crippen molar-refractivity contribution in [2.75, 3.05) is 27.3 Å². The topological polar surface area (TPSA) is 47.7 Å². The molecule has 2 heterocycles. The van der Waals surface area contributed by atoms with E-state index in [0.29, 0.717) is 11.5 Å². The summed E-state index contributed by atoms with van der Waals surface area (Å²) in [7, 11) is 3.20. The maximum absolute atomic E-state index is 13.6. The third-order valence-corrected chi connectivity index (χ3v) is 4.46. The van der Waals surface area contributed by atoms with Crippen LogP contribution in [-0.4, -0.2) is 43.3 Å². The third-order valence-electron chi connectivity index (χ3n) is 4.46. The van der Waals surface area contributed by atoms with E-state index in [-0.39, 0.29) is 11.9 Å². The first-order chi connectivity index (χ1) is 11.6. The van der Waals surface area contributed by atoms with E-state index in [2.05, 4.69) is 9.88 Å². The molecule has 130 valence electrons. The molecule has 0 saturated carbocycles. The van der Waals surface area contributed by atoms with Crippen molar-refractivity contribution in [1.29, 1.82) is 0 Å². The molecule has 1 saturated heterocycles. The first-order valence-corrected chi connectivity index (χ1v) is 8.16. The SMILES string of the molecule is COc1cc(-c2nc(CN3CCCC(OC)C3)c(C)o2)ccc1F. The summed E-state index contributed by atoms with van der Waals surface area (Å²) >= 11 is 0. The van der Waals surface area contributed by atoms with Gasteiger partial charge in [-0.25, -0.2) is 9.37 Å². The summed E-state index contributed by atoms with van der Waals surface area (Å²) < 4.78 is 29.8. The molecular formula is C18H23FN2O3. The van der Waals surface area contributed by atoms with Gasteiger partial charge in [-0.3, -0.25) is 4.90 Å². The first-order valence-electron chi connectivity index (χ1n) is 8.16. The van der Waals surface area contributed by atoms with Gasteiger partial charge in [-0.05, 0) is 44.5 Å². The van der Waals surface area contributed by atoms with E-state index in [1.807, 2.05) is 6.92 Å². The van der Waals surface area contributed by atoms with Crippen molar-refractivity contribution in [1.82, 2.24) is 9.88 Å². The Kier molecular flexibility index (Phi) is 5.16. The number of oxazole rings is 1. The molecule has 0 aliphatic carbocycles. The van der Waals surface area contributed by atoms with Gasteiger partial charge in [-0.15, -0.1) is 0 Å². The fourth-order valence-corrected chi connectivity index (χ4v) is 3.05. The molecule has 1 aromatic carbocycles. The van der Waals surface area contributed by atoms with Gasteiger partial charge < -0.3 is 13.9 Å². The lowest BCUT2D eigenvalue weighted by Gasteiger charge is -2.31. The number of likely N-dealkylation sites (tertiary alicyclic amines) is 1. The third kappa shape index (κ3) is 3.60. The van der Waals surface area contributed by atoms with Crippen LogP contribution in [0.2, 0.25) is 0 Å². The smallest absolute Gasteiger partial charge is 0.226 e. The summed E-state index contributed by atoms with van der Waals surface area (Å²) in [5.41, 5.74) is 1.61. The number of aromatic nitrogens is 1. The van der Waals surface area contributed by atoms with Gasteiger partial charge in [0.25, 0.3) is 0 Å². The number of aryl methyl sites for hydroxylation is 1. The fraction of sp³-hybridized carbons (Fsp3) is 0.500. The number of piperidine rings is 1. The molecule has 24 heavy (non-hydrogen) atoms. The van der Waals surface area contributed by atoms with Crippen molar-refractivity contribution >= 4 is 0 Å². The standard InChI is InChI=1S/C18H23FN2O3/c1-12-16(11-21-8-4-5-14(10-21)22-2)20-18(24-12)13-6-7-15(19)17(9-13)23-3/h6-7,9,14H,4-5,8,10-11H2,1-3H3. The summed E-state index contributed by atoms with van der Waals surface area (Å²) in [5.74, 6) is 1.06. The van der Waals surface area contributed by atoms with E-state index in [1.54, 1.807) is 19.2 Å². The van der Waals surface area contributed by atoms with Gasteiger partial charge >= 0.3 is 0 Å². The zero-order valence-electron chi connectivity index (χ0n) is 14.3. The van der Waals surface area contributed by atoms with Gasteiger partial charge in [0.2, 0.25) is 5.89 Å². The average molecular weight is 334 g/mol. The van der Waals surface area contributed by atoms with Crippen molar-refractivity contribution in [2.45, 2.75) is 32.4 Å².